The van der Waals surface area contributed by atoms with Crippen molar-refractivity contribution in [3.05, 3.63) is 48.0 Å². The molecule has 1 heterocycles. The Morgan fingerprint density at radius 2 is 1.88 bits per heavy atom. The lowest BCUT2D eigenvalue weighted by molar-refractivity contribution is 0.525. The Labute approximate surface area is 95.1 Å². The molecule has 0 N–H and O–H groups in total. The van der Waals surface area contributed by atoms with Gasteiger partial charge in [0.1, 0.15) is 6.33 Å². The van der Waals surface area contributed by atoms with E-state index in [4.69, 9.17) is 0 Å². The van der Waals surface area contributed by atoms with Crippen molar-refractivity contribution in [2.75, 3.05) is 0 Å². The van der Waals surface area contributed by atoms with E-state index in [0.717, 1.165) is 5.56 Å². The molecule has 1 aromatic carbocycles. The van der Waals surface area contributed by atoms with Crippen molar-refractivity contribution in [2.24, 2.45) is 0 Å². The van der Waals surface area contributed by atoms with Crippen LogP contribution in [0.2, 0.25) is 0 Å². The molecule has 0 atom stereocenters. The Morgan fingerprint density at radius 3 is 2.56 bits per heavy atom. The van der Waals surface area contributed by atoms with E-state index >= 15 is 0 Å². The average molecular weight is 211 g/mol. The first-order valence-electron chi connectivity index (χ1n) is 5.24. The van der Waals surface area contributed by atoms with Crippen LogP contribution >= 0.6 is 0 Å². The van der Waals surface area contributed by atoms with Crippen molar-refractivity contribution >= 4 is 0 Å². The second kappa shape index (κ2) is 4.63. The molecular formula is C13H13N3. The van der Waals surface area contributed by atoms with Gasteiger partial charge in [0, 0.05) is 11.6 Å². The van der Waals surface area contributed by atoms with Crippen molar-refractivity contribution in [2.45, 2.75) is 19.9 Å². The van der Waals surface area contributed by atoms with Crippen LogP contribution in [-0.4, -0.2) is 14.8 Å². The fourth-order valence-electron chi connectivity index (χ4n) is 1.37. The SMILES string of the molecule is CC(C)n1ncnc1C#Cc1ccccc1. The van der Waals surface area contributed by atoms with Crippen LogP contribution in [0, 0.1) is 11.8 Å². The number of hydrogen-bond acceptors (Lipinski definition) is 2. The van der Waals surface area contributed by atoms with E-state index in [2.05, 4.69) is 35.8 Å². The van der Waals surface area contributed by atoms with E-state index in [9.17, 15) is 0 Å². The van der Waals surface area contributed by atoms with Crippen LogP contribution in [0.5, 0.6) is 0 Å². The maximum absolute atomic E-state index is 4.13. The topological polar surface area (TPSA) is 30.7 Å². The third kappa shape index (κ3) is 2.29. The Kier molecular flexibility index (Phi) is 3.02. The van der Waals surface area contributed by atoms with E-state index in [1.54, 1.807) is 0 Å². The highest BCUT2D eigenvalue weighted by Crippen LogP contribution is 2.04. The normalized spacial score (nSPS) is 9.94. The van der Waals surface area contributed by atoms with Crippen molar-refractivity contribution in [1.29, 1.82) is 0 Å². The molecule has 0 saturated heterocycles. The van der Waals surface area contributed by atoms with E-state index in [1.165, 1.54) is 6.33 Å². The van der Waals surface area contributed by atoms with Gasteiger partial charge >= 0.3 is 0 Å². The summed E-state index contributed by atoms with van der Waals surface area (Å²) in [5.41, 5.74) is 0.987. The summed E-state index contributed by atoms with van der Waals surface area (Å²) in [5.74, 6) is 6.81. The fraction of sp³-hybridized carbons (Fsp3) is 0.231. The second-order valence-electron chi connectivity index (χ2n) is 3.74. The van der Waals surface area contributed by atoms with Crippen LogP contribution in [0.1, 0.15) is 31.3 Å². The first-order chi connectivity index (χ1) is 7.77. The smallest absolute Gasteiger partial charge is 0.203 e. The molecule has 0 aliphatic heterocycles. The Bertz CT molecular complexity index is 515. The highest BCUT2D eigenvalue weighted by atomic mass is 15.3. The van der Waals surface area contributed by atoms with Crippen LogP contribution in [0.3, 0.4) is 0 Å². The maximum atomic E-state index is 4.13. The molecule has 0 unspecified atom stereocenters. The maximum Gasteiger partial charge on any atom is 0.203 e. The molecule has 3 heteroatoms. The molecule has 3 nitrogen and oxygen atoms in total. The van der Waals surface area contributed by atoms with Gasteiger partial charge in [-0.05, 0) is 31.9 Å². The third-order valence-corrected chi connectivity index (χ3v) is 2.15. The Morgan fingerprint density at radius 1 is 1.12 bits per heavy atom. The monoisotopic (exact) mass is 211 g/mol. The van der Waals surface area contributed by atoms with Gasteiger partial charge in [-0.15, -0.1) is 0 Å². The molecule has 2 rings (SSSR count). The molecule has 0 saturated carbocycles. The van der Waals surface area contributed by atoms with E-state index in [0.29, 0.717) is 5.82 Å². The van der Waals surface area contributed by atoms with Crippen molar-refractivity contribution in [3.8, 4) is 11.8 Å². The summed E-state index contributed by atoms with van der Waals surface area (Å²) < 4.78 is 1.82. The lowest BCUT2D eigenvalue weighted by atomic mass is 10.2. The quantitative estimate of drug-likeness (QED) is 0.677. The summed E-state index contributed by atoms with van der Waals surface area (Å²) in [4.78, 5) is 4.13. The molecule has 0 radical (unpaired) electrons. The van der Waals surface area contributed by atoms with Gasteiger partial charge in [0.2, 0.25) is 5.82 Å². The molecule has 0 aliphatic rings. The van der Waals surface area contributed by atoms with Gasteiger partial charge < -0.3 is 0 Å². The number of nitrogens with zero attached hydrogens (tertiary/aromatic N) is 3. The summed E-state index contributed by atoms with van der Waals surface area (Å²) in [6, 6.07) is 10.1. The first-order valence-corrected chi connectivity index (χ1v) is 5.24. The van der Waals surface area contributed by atoms with Crippen molar-refractivity contribution < 1.29 is 0 Å². The number of rotatable bonds is 1. The van der Waals surface area contributed by atoms with Gasteiger partial charge in [-0.2, -0.15) is 5.10 Å². The second-order valence-corrected chi connectivity index (χ2v) is 3.74. The predicted molar refractivity (Wildman–Crippen MR) is 62.8 cm³/mol. The summed E-state index contributed by atoms with van der Waals surface area (Å²) in [7, 11) is 0. The molecule has 2 aromatic rings. The minimum Gasteiger partial charge on any atom is -0.237 e. The zero-order chi connectivity index (χ0) is 11.4. The number of hydrogen-bond donors (Lipinski definition) is 0. The molecule has 1 aromatic heterocycles. The first kappa shape index (κ1) is 10.4. The van der Waals surface area contributed by atoms with Crippen LogP contribution in [-0.2, 0) is 0 Å². The predicted octanol–water partition coefficient (Wildman–Crippen LogP) is 2.26. The highest BCUT2D eigenvalue weighted by molar-refractivity contribution is 5.37. The molecule has 0 fully saturated rings. The molecule has 0 spiro atoms. The summed E-state index contributed by atoms with van der Waals surface area (Å²) in [6.07, 6.45) is 1.54. The van der Waals surface area contributed by atoms with E-state index in [1.807, 2.05) is 35.0 Å². The largest absolute Gasteiger partial charge is 0.237 e. The molecular weight excluding hydrogens is 198 g/mol. The molecule has 80 valence electrons. The van der Waals surface area contributed by atoms with Crippen molar-refractivity contribution in [1.82, 2.24) is 14.8 Å². The minimum absolute atomic E-state index is 0.280. The average Bonchev–Trinajstić information content (AvgIpc) is 2.76. The van der Waals surface area contributed by atoms with Crippen LogP contribution < -0.4 is 0 Å². The Hall–Kier alpha value is -2.08. The molecule has 0 amide bonds. The van der Waals surface area contributed by atoms with Gasteiger partial charge in [-0.1, -0.05) is 24.1 Å². The van der Waals surface area contributed by atoms with Gasteiger partial charge in [0.15, 0.2) is 0 Å². The molecule has 0 aliphatic carbocycles. The van der Waals surface area contributed by atoms with Gasteiger partial charge in [-0.3, -0.25) is 0 Å². The molecule has 0 bridgehead atoms. The number of aromatic nitrogens is 3. The lowest BCUT2D eigenvalue weighted by Gasteiger charge is -2.04. The summed E-state index contributed by atoms with van der Waals surface area (Å²) in [5, 5.41) is 4.13. The highest BCUT2D eigenvalue weighted by Gasteiger charge is 2.03. The van der Waals surface area contributed by atoms with Crippen molar-refractivity contribution in [3.63, 3.8) is 0 Å². The van der Waals surface area contributed by atoms with E-state index in [-0.39, 0.29) is 6.04 Å². The summed E-state index contributed by atoms with van der Waals surface area (Å²) in [6.45, 7) is 4.12. The minimum atomic E-state index is 0.280. The lowest BCUT2D eigenvalue weighted by Crippen LogP contribution is -2.05. The zero-order valence-electron chi connectivity index (χ0n) is 9.38. The standard InChI is InChI=1S/C13H13N3/c1-11(2)16-13(14-10-15-16)9-8-12-6-4-3-5-7-12/h3-7,10-11H,1-2H3. The third-order valence-electron chi connectivity index (χ3n) is 2.15. The summed E-state index contributed by atoms with van der Waals surface area (Å²) >= 11 is 0. The number of benzene rings is 1. The van der Waals surface area contributed by atoms with Crippen LogP contribution in [0.4, 0.5) is 0 Å². The van der Waals surface area contributed by atoms with Crippen LogP contribution in [0.15, 0.2) is 36.7 Å². The Balaban J connectivity index is 2.28. The van der Waals surface area contributed by atoms with Crippen LogP contribution in [0.25, 0.3) is 0 Å². The fourth-order valence-corrected chi connectivity index (χ4v) is 1.37. The van der Waals surface area contributed by atoms with Gasteiger partial charge in [0.25, 0.3) is 0 Å². The van der Waals surface area contributed by atoms with E-state index < -0.39 is 0 Å². The van der Waals surface area contributed by atoms with Gasteiger partial charge in [-0.25, -0.2) is 9.67 Å². The molecule has 16 heavy (non-hydrogen) atoms. The zero-order valence-corrected chi connectivity index (χ0v) is 9.38. The van der Waals surface area contributed by atoms with Gasteiger partial charge in [0.05, 0.1) is 0 Å².